The maximum absolute atomic E-state index is 12.9. The number of carbonyl (C=O) groups is 1. The van der Waals surface area contributed by atoms with Crippen molar-refractivity contribution >= 4 is 32.4 Å². The van der Waals surface area contributed by atoms with E-state index in [4.69, 9.17) is 9.52 Å². The zero-order valence-corrected chi connectivity index (χ0v) is 16.9. The number of sulfone groups is 1. The van der Waals surface area contributed by atoms with Gasteiger partial charge in [0.1, 0.15) is 11.3 Å². The predicted molar refractivity (Wildman–Crippen MR) is 112 cm³/mol. The van der Waals surface area contributed by atoms with Crippen LogP contribution in [0, 0.1) is 6.92 Å². The highest BCUT2D eigenvalue weighted by atomic mass is 32.2. The fourth-order valence-corrected chi connectivity index (χ4v) is 4.26. The number of carbonyl (C=O) groups excluding carboxylic acids is 1. The largest absolute Gasteiger partial charge is 0.454 e. The molecule has 4 aromatic rings. The number of nitrogens with one attached hydrogen (secondary N) is 2. The van der Waals surface area contributed by atoms with Crippen LogP contribution in [0.3, 0.4) is 0 Å². The summed E-state index contributed by atoms with van der Waals surface area (Å²) < 4.78 is 30.0. The number of anilines is 1. The summed E-state index contributed by atoms with van der Waals surface area (Å²) in [5, 5.41) is 19.4. The minimum absolute atomic E-state index is 0.0957. The maximum Gasteiger partial charge on any atom is 0.259 e. The Morgan fingerprint density at radius 1 is 1.20 bits per heavy atom. The van der Waals surface area contributed by atoms with Crippen molar-refractivity contribution < 1.29 is 22.7 Å². The monoisotopic (exact) mass is 425 g/mol. The quantitative estimate of drug-likeness (QED) is 0.436. The van der Waals surface area contributed by atoms with Crippen LogP contribution < -0.4 is 5.32 Å². The van der Waals surface area contributed by atoms with E-state index in [9.17, 15) is 13.2 Å². The molecule has 0 saturated carbocycles. The van der Waals surface area contributed by atoms with E-state index in [0.717, 1.165) is 5.39 Å². The van der Waals surface area contributed by atoms with Gasteiger partial charge >= 0.3 is 0 Å². The topological polar surface area (TPSA) is 125 Å². The van der Waals surface area contributed by atoms with Crippen LogP contribution >= 0.6 is 0 Å². The molecule has 1 amide bonds. The highest BCUT2D eigenvalue weighted by molar-refractivity contribution is 7.91. The summed E-state index contributed by atoms with van der Waals surface area (Å²) in [6.07, 6.45) is 1.41. The molecular weight excluding hydrogens is 406 g/mol. The number of amides is 1. The van der Waals surface area contributed by atoms with Crippen molar-refractivity contribution in [2.24, 2.45) is 0 Å². The van der Waals surface area contributed by atoms with Crippen LogP contribution in [-0.2, 0) is 9.84 Å². The van der Waals surface area contributed by atoms with Crippen LogP contribution in [0.25, 0.3) is 22.4 Å². The summed E-state index contributed by atoms with van der Waals surface area (Å²) in [6, 6.07) is 13.7. The molecule has 9 heteroatoms. The molecule has 2 aromatic carbocycles. The van der Waals surface area contributed by atoms with Crippen molar-refractivity contribution in [2.75, 3.05) is 17.7 Å². The van der Waals surface area contributed by atoms with E-state index in [0.29, 0.717) is 33.9 Å². The highest BCUT2D eigenvalue weighted by Crippen LogP contribution is 2.29. The zero-order valence-electron chi connectivity index (χ0n) is 16.0. The van der Waals surface area contributed by atoms with E-state index in [1.807, 2.05) is 30.3 Å². The number of hydrogen-bond donors (Lipinski definition) is 3. The number of fused-ring (bicyclic) bond motifs is 1. The number of aromatic amines is 1. The lowest BCUT2D eigenvalue weighted by Gasteiger charge is -2.10. The van der Waals surface area contributed by atoms with Gasteiger partial charge in [-0.3, -0.25) is 9.89 Å². The molecule has 0 aliphatic heterocycles. The van der Waals surface area contributed by atoms with Crippen LogP contribution in [0.2, 0.25) is 0 Å². The third kappa shape index (κ3) is 3.72. The van der Waals surface area contributed by atoms with E-state index in [1.165, 1.54) is 24.4 Å². The Morgan fingerprint density at radius 2 is 2.00 bits per heavy atom. The summed E-state index contributed by atoms with van der Waals surface area (Å²) >= 11 is 0. The summed E-state index contributed by atoms with van der Waals surface area (Å²) in [7, 11) is -3.57. The number of aromatic nitrogens is 2. The third-order valence-electron chi connectivity index (χ3n) is 4.72. The summed E-state index contributed by atoms with van der Waals surface area (Å²) in [5.74, 6) is -0.275. The van der Waals surface area contributed by atoms with Crippen LogP contribution in [0.1, 0.15) is 15.9 Å². The number of aliphatic hydroxyl groups is 1. The first-order chi connectivity index (χ1) is 14.4. The van der Waals surface area contributed by atoms with Gasteiger partial charge in [0.25, 0.3) is 5.91 Å². The second-order valence-electron chi connectivity index (χ2n) is 6.78. The summed E-state index contributed by atoms with van der Waals surface area (Å²) in [5.41, 5.74) is 2.49. The molecule has 2 heterocycles. The Kier molecular flexibility index (Phi) is 5.15. The van der Waals surface area contributed by atoms with E-state index in [-0.39, 0.29) is 10.6 Å². The molecule has 0 radical (unpaired) electrons. The molecule has 3 N–H and O–H groups in total. The van der Waals surface area contributed by atoms with Gasteiger partial charge in [0.15, 0.2) is 15.6 Å². The van der Waals surface area contributed by atoms with Crippen molar-refractivity contribution in [3.8, 4) is 11.5 Å². The Hall–Kier alpha value is -3.43. The predicted octanol–water partition coefficient (Wildman–Crippen LogP) is 3.15. The minimum atomic E-state index is -3.57. The van der Waals surface area contributed by atoms with Gasteiger partial charge in [0.2, 0.25) is 0 Å². The SMILES string of the molecule is Cc1cc(S(=O)(=O)CCO)ccc1NC(=O)c1cn[nH]c1-c1cc2ccccc2o1. The van der Waals surface area contributed by atoms with Gasteiger partial charge in [-0.1, -0.05) is 18.2 Å². The van der Waals surface area contributed by atoms with Crippen molar-refractivity contribution in [1.82, 2.24) is 10.2 Å². The summed E-state index contributed by atoms with van der Waals surface area (Å²) in [6.45, 7) is 1.24. The van der Waals surface area contributed by atoms with Gasteiger partial charge in [0.05, 0.1) is 29.0 Å². The average molecular weight is 425 g/mol. The number of H-pyrrole nitrogens is 1. The molecule has 154 valence electrons. The zero-order chi connectivity index (χ0) is 21.3. The average Bonchev–Trinajstić information content (AvgIpc) is 3.36. The molecule has 30 heavy (non-hydrogen) atoms. The first-order valence-electron chi connectivity index (χ1n) is 9.17. The summed E-state index contributed by atoms with van der Waals surface area (Å²) in [4.78, 5) is 13.0. The second-order valence-corrected chi connectivity index (χ2v) is 8.89. The number of para-hydroxylation sites is 1. The molecular formula is C21H19N3O5S. The number of furan rings is 1. The fraction of sp³-hybridized carbons (Fsp3) is 0.143. The lowest BCUT2D eigenvalue weighted by molar-refractivity contribution is 0.102. The van der Waals surface area contributed by atoms with E-state index in [2.05, 4.69) is 15.5 Å². The normalized spacial score (nSPS) is 11.7. The fourth-order valence-electron chi connectivity index (χ4n) is 3.15. The number of aliphatic hydroxyl groups excluding tert-OH is 1. The molecule has 0 aliphatic rings. The molecule has 0 spiro atoms. The number of nitrogens with zero attached hydrogens (tertiary/aromatic N) is 1. The van der Waals surface area contributed by atoms with E-state index in [1.54, 1.807) is 6.92 Å². The number of rotatable bonds is 6. The molecule has 2 aromatic heterocycles. The molecule has 0 bridgehead atoms. The smallest absolute Gasteiger partial charge is 0.259 e. The molecule has 0 unspecified atom stereocenters. The first-order valence-corrected chi connectivity index (χ1v) is 10.8. The van der Waals surface area contributed by atoms with Crippen molar-refractivity contribution in [1.29, 1.82) is 0 Å². The van der Waals surface area contributed by atoms with Crippen molar-refractivity contribution in [2.45, 2.75) is 11.8 Å². The molecule has 0 saturated heterocycles. The first kappa shape index (κ1) is 19.9. The molecule has 8 nitrogen and oxygen atoms in total. The van der Waals surface area contributed by atoms with E-state index < -0.39 is 22.4 Å². The number of benzene rings is 2. The second kappa shape index (κ2) is 7.77. The Labute approximate surface area is 172 Å². The van der Waals surface area contributed by atoms with Crippen LogP contribution in [0.5, 0.6) is 0 Å². The number of hydrogen-bond acceptors (Lipinski definition) is 6. The molecule has 0 atom stereocenters. The third-order valence-corrected chi connectivity index (χ3v) is 6.41. The van der Waals surface area contributed by atoms with Gasteiger partial charge in [-0.15, -0.1) is 0 Å². The van der Waals surface area contributed by atoms with Gasteiger partial charge in [-0.25, -0.2) is 8.42 Å². The van der Waals surface area contributed by atoms with Gasteiger partial charge in [-0.2, -0.15) is 5.10 Å². The maximum atomic E-state index is 12.9. The minimum Gasteiger partial charge on any atom is -0.454 e. The Balaban J connectivity index is 1.61. The van der Waals surface area contributed by atoms with Gasteiger partial charge in [0, 0.05) is 11.1 Å². The van der Waals surface area contributed by atoms with Gasteiger partial charge < -0.3 is 14.8 Å². The van der Waals surface area contributed by atoms with Crippen LogP contribution in [0.4, 0.5) is 5.69 Å². The van der Waals surface area contributed by atoms with Gasteiger partial charge in [-0.05, 0) is 42.8 Å². The molecule has 4 rings (SSSR count). The molecule has 0 aliphatic carbocycles. The van der Waals surface area contributed by atoms with Crippen molar-refractivity contribution in [3.05, 3.63) is 65.9 Å². The van der Waals surface area contributed by atoms with E-state index >= 15 is 0 Å². The van der Waals surface area contributed by atoms with Crippen LogP contribution in [-0.4, -0.2) is 42.0 Å². The highest BCUT2D eigenvalue weighted by Gasteiger charge is 2.20. The lowest BCUT2D eigenvalue weighted by atomic mass is 10.1. The van der Waals surface area contributed by atoms with Crippen LogP contribution in [0.15, 0.2) is 64.0 Å². The standard InChI is InChI=1S/C21H19N3O5S/c1-13-10-15(30(27,28)9-8-25)6-7-17(13)23-21(26)16-12-22-24-20(16)19-11-14-4-2-3-5-18(14)29-19/h2-7,10-12,25H,8-9H2,1H3,(H,22,24)(H,23,26). The number of aryl methyl sites for hydroxylation is 1. The molecule has 0 fully saturated rings. The Morgan fingerprint density at radius 3 is 2.73 bits per heavy atom. The Bertz CT molecular complexity index is 1300. The lowest BCUT2D eigenvalue weighted by Crippen LogP contribution is -2.14. The van der Waals surface area contributed by atoms with Crippen molar-refractivity contribution in [3.63, 3.8) is 0 Å².